The van der Waals surface area contributed by atoms with Crippen LogP contribution in [0.25, 0.3) is 0 Å². The van der Waals surface area contributed by atoms with Crippen molar-refractivity contribution in [2.24, 2.45) is 0 Å². The minimum atomic E-state index is -0.516. The Morgan fingerprint density at radius 3 is 2.57 bits per heavy atom. The van der Waals surface area contributed by atoms with Crippen molar-refractivity contribution in [2.75, 3.05) is 40.9 Å². The lowest BCUT2D eigenvalue weighted by atomic mass is 9.94. The highest BCUT2D eigenvalue weighted by molar-refractivity contribution is 5.43. The van der Waals surface area contributed by atoms with Crippen LogP contribution in [0.4, 0.5) is 0 Å². The molecule has 158 valence electrons. The van der Waals surface area contributed by atoms with E-state index in [9.17, 15) is 5.11 Å². The van der Waals surface area contributed by atoms with E-state index in [4.69, 9.17) is 9.47 Å². The number of rotatable bonds is 11. The molecule has 5 heteroatoms. The summed E-state index contributed by atoms with van der Waals surface area (Å²) < 4.78 is 11.4. The Morgan fingerprint density at radius 2 is 1.93 bits per heavy atom. The van der Waals surface area contributed by atoms with Gasteiger partial charge in [-0.2, -0.15) is 0 Å². The summed E-state index contributed by atoms with van der Waals surface area (Å²) in [5.74, 6) is 1.38. The molecule has 0 saturated heterocycles. The number of methoxy groups -OCH3 is 1. The van der Waals surface area contributed by atoms with E-state index < -0.39 is 6.10 Å². The van der Waals surface area contributed by atoms with Gasteiger partial charge in [0.05, 0.1) is 7.11 Å². The first-order valence-corrected chi connectivity index (χ1v) is 10.4. The fourth-order valence-corrected chi connectivity index (χ4v) is 4.00. The number of hydrogen-bond acceptors (Lipinski definition) is 5. The Hall–Kier alpha value is -1.56. The van der Waals surface area contributed by atoms with Crippen LogP contribution in [0, 0.1) is 0 Å². The maximum Gasteiger partial charge on any atom is 0.161 e. The van der Waals surface area contributed by atoms with Crippen molar-refractivity contribution in [3.8, 4) is 11.5 Å². The van der Waals surface area contributed by atoms with Crippen LogP contribution in [0.15, 0.2) is 30.4 Å². The van der Waals surface area contributed by atoms with Gasteiger partial charge in [0.25, 0.3) is 0 Å². The molecule has 5 nitrogen and oxygen atoms in total. The lowest BCUT2D eigenvalue weighted by Crippen LogP contribution is -2.40. The number of nitrogens with zero attached hydrogens (tertiary/aromatic N) is 2. The average Bonchev–Trinajstić information content (AvgIpc) is 2.66. The van der Waals surface area contributed by atoms with Crippen molar-refractivity contribution in [3.05, 3.63) is 35.9 Å². The Balaban J connectivity index is 1.85. The first-order valence-electron chi connectivity index (χ1n) is 10.4. The number of benzene rings is 1. The standard InChI is InChI=1S/C23H38N2O3/c1-18(2)14-24(3)15-19-11-12-22(23(13-19)27-5)28-17-21(26)16-25(4)20-9-7-6-8-10-20/h11-13,20-21,26H,1,6-10,14-17H2,2-5H3/t21-/m1/s1. The molecule has 0 aromatic heterocycles. The van der Waals surface area contributed by atoms with E-state index in [0.29, 0.717) is 24.1 Å². The van der Waals surface area contributed by atoms with E-state index in [1.54, 1.807) is 7.11 Å². The van der Waals surface area contributed by atoms with Gasteiger partial charge in [0.2, 0.25) is 0 Å². The Bertz CT molecular complexity index is 614. The lowest BCUT2D eigenvalue weighted by molar-refractivity contribution is 0.0553. The van der Waals surface area contributed by atoms with Gasteiger partial charge >= 0.3 is 0 Å². The van der Waals surface area contributed by atoms with Gasteiger partial charge in [-0.25, -0.2) is 0 Å². The SMILES string of the molecule is C=C(C)CN(C)Cc1ccc(OC[C@H](O)CN(C)C2CCCCC2)c(OC)c1. The molecule has 0 spiro atoms. The quantitative estimate of drug-likeness (QED) is 0.584. The third kappa shape index (κ3) is 7.46. The maximum absolute atomic E-state index is 10.4. The fourth-order valence-electron chi connectivity index (χ4n) is 4.00. The molecule has 1 aliphatic rings. The molecule has 0 heterocycles. The van der Waals surface area contributed by atoms with Crippen LogP contribution in [0.3, 0.4) is 0 Å². The van der Waals surface area contributed by atoms with Crippen LogP contribution in [0.1, 0.15) is 44.6 Å². The Morgan fingerprint density at radius 1 is 1.21 bits per heavy atom. The third-order valence-corrected chi connectivity index (χ3v) is 5.35. The molecule has 1 N–H and O–H groups in total. The fraction of sp³-hybridized carbons (Fsp3) is 0.652. The highest BCUT2D eigenvalue weighted by Gasteiger charge is 2.20. The minimum Gasteiger partial charge on any atom is -0.493 e. The summed E-state index contributed by atoms with van der Waals surface area (Å²) >= 11 is 0. The number of aliphatic hydroxyl groups is 1. The smallest absolute Gasteiger partial charge is 0.161 e. The second-order valence-electron chi connectivity index (χ2n) is 8.31. The van der Waals surface area contributed by atoms with Crippen LogP contribution in [-0.2, 0) is 6.54 Å². The van der Waals surface area contributed by atoms with Crippen molar-refractivity contribution in [3.63, 3.8) is 0 Å². The zero-order valence-corrected chi connectivity index (χ0v) is 18.1. The van der Waals surface area contributed by atoms with Gasteiger partial charge in [-0.15, -0.1) is 0 Å². The molecule has 0 radical (unpaired) electrons. The number of aliphatic hydroxyl groups excluding tert-OH is 1. The topological polar surface area (TPSA) is 45.2 Å². The molecule has 0 bridgehead atoms. The van der Waals surface area contributed by atoms with E-state index in [1.165, 1.54) is 32.1 Å². The van der Waals surface area contributed by atoms with Gasteiger partial charge in [0.15, 0.2) is 11.5 Å². The highest BCUT2D eigenvalue weighted by Crippen LogP contribution is 2.29. The monoisotopic (exact) mass is 390 g/mol. The molecule has 0 unspecified atom stereocenters. The molecule has 1 aliphatic carbocycles. The Kier molecular flexibility index (Phi) is 9.29. The Labute approximate surface area is 170 Å². The van der Waals surface area contributed by atoms with Gasteiger partial charge < -0.3 is 19.5 Å². The van der Waals surface area contributed by atoms with Crippen molar-refractivity contribution in [1.82, 2.24) is 9.80 Å². The first kappa shape index (κ1) is 22.7. The van der Waals surface area contributed by atoms with E-state index >= 15 is 0 Å². The zero-order chi connectivity index (χ0) is 20.5. The molecule has 0 amide bonds. The molecule has 1 saturated carbocycles. The average molecular weight is 391 g/mol. The molecular formula is C23H38N2O3. The lowest BCUT2D eigenvalue weighted by Gasteiger charge is -2.32. The maximum atomic E-state index is 10.4. The summed E-state index contributed by atoms with van der Waals surface area (Å²) in [6.45, 7) is 8.58. The summed E-state index contributed by atoms with van der Waals surface area (Å²) in [5, 5.41) is 10.4. The number of likely N-dealkylation sites (N-methyl/N-ethyl adjacent to an activating group) is 2. The van der Waals surface area contributed by atoms with E-state index in [0.717, 1.165) is 24.2 Å². The van der Waals surface area contributed by atoms with E-state index in [2.05, 4.69) is 30.5 Å². The second-order valence-corrected chi connectivity index (χ2v) is 8.31. The van der Waals surface area contributed by atoms with Crippen LogP contribution < -0.4 is 9.47 Å². The molecule has 1 aromatic rings. The molecular weight excluding hydrogens is 352 g/mol. The zero-order valence-electron chi connectivity index (χ0n) is 18.1. The predicted molar refractivity (Wildman–Crippen MR) is 115 cm³/mol. The van der Waals surface area contributed by atoms with Crippen LogP contribution in [-0.4, -0.2) is 68.0 Å². The number of hydrogen-bond donors (Lipinski definition) is 1. The second kappa shape index (κ2) is 11.4. The van der Waals surface area contributed by atoms with Crippen molar-refractivity contribution < 1.29 is 14.6 Å². The van der Waals surface area contributed by atoms with Crippen molar-refractivity contribution in [2.45, 2.75) is 57.7 Å². The molecule has 1 aromatic carbocycles. The molecule has 0 aliphatic heterocycles. The van der Waals surface area contributed by atoms with Gasteiger partial charge in [-0.3, -0.25) is 4.90 Å². The molecule has 28 heavy (non-hydrogen) atoms. The summed E-state index contributed by atoms with van der Waals surface area (Å²) in [7, 11) is 5.83. The number of ether oxygens (including phenoxy) is 2. The van der Waals surface area contributed by atoms with Gasteiger partial charge in [0, 0.05) is 25.7 Å². The summed E-state index contributed by atoms with van der Waals surface area (Å²) in [5.41, 5.74) is 2.30. The third-order valence-electron chi connectivity index (χ3n) is 5.35. The molecule has 2 rings (SSSR count). The van der Waals surface area contributed by atoms with E-state index in [1.807, 2.05) is 25.1 Å². The summed E-state index contributed by atoms with van der Waals surface area (Å²) in [4.78, 5) is 4.49. The predicted octanol–water partition coefficient (Wildman–Crippen LogP) is 3.71. The van der Waals surface area contributed by atoms with Gasteiger partial charge in [-0.1, -0.05) is 37.5 Å². The van der Waals surface area contributed by atoms with Crippen LogP contribution >= 0.6 is 0 Å². The largest absolute Gasteiger partial charge is 0.493 e. The van der Waals surface area contributed by atoms with Gasteiger partial charge in [-0.05, 0) is 51.6 Å². The highest BCUT2D eigenvalue weighted by atomic mass is 16.5. The first-order chi connectivity index (χ1) is 13.4. The van der Waals surface area contributed by atoms with E-state index in [-0.39, 0.29) is 6.61 Å². The molecule has 1 atom stereocenters. The summed E-state index contributed by atoms with van der Waals surface area (Å²) in [6.07, 6.45) is 5.89. The van der Waals surface area contributed by atoms with Crippen molar-refractivity contribution in [1.29, 1.82) is 0 Å². The normalized spacial score (nSPS) is 16.4. The summed E-state index contributed by atoms with van der Waals surface area (Å²) in [6, 6.07) is 6.58. The van der Waals surface area contributed by atoms with Crippen molar-refractivity contribution >= 4 is 0 Å². The van der Waals surface area contributed by atoms with Gasteiger partial charge in [0.1, 0.15) is 12.7 Å². The minimum absolute atomic E-state index is 0.266. The molecule has 1 fully saturated rings. The van der Waals surface area contributed by atoms with Crippen LogP contribution in [0.2, 0.25) is 0 Å². The van der Waals surface area contributed by atoms with Crippen LogP contribution in [0.5, 0.6) is 11.5 Å².